The Kier molecular flexibility index (Phi) is 5.31. The van der Waals surface area contributed by atoms with Gasteiger partial charge in [-0.1, -0.05) is 13.8 Å². The zero-order chi connectivity index (χ0) is 21.5. The molecule has 3 aliphatic rings. The number of nitrogens with zero attached hydrogens (tertiary/aromatic N) is 2. The van der Waals surface area contributed by atoms with E-state index in [1.54, 1.807) is 12.1 Å². The summed E-state index contributed by atoms with van der Waals surface area (Å²) in [5, 5.41) is 13.8. The highest BCUT2D eigenvalue weighted by molar-refractivity contribution is 7.12. The van der Waals surface area contributed by atoms with Crippen molar-refractivity contribution in [3.63, 3.8) is 0 Å². The Morgan fingerprint density at radius 3 is 2.50 bits per heavy atom. The van der Waals surface area contributed by atoms with Crippen LogP contribution in [-0.4, -0.2) is 42.4 Å². The maximum atomic E-state index is 11.9. The number of nitro groups is 1. The third-order valence-corrected chi connectivity index (χ3v) is 6.01. The van der Waals surface area contributed by atoms with Crippen LogP contribution in [0.15, 0.2) is 28.6 Å². The molecular weight excluding hydrogens is 408 g/mol. The van der Waals surface area contributed by atoms with Crippen molar-refractivity contribution in [1.82, 2.24) is 0 Å². The second-order valence-corrected chi connectivity index (χ2v) is 8.52. The molecule has 2 atom stereocenters. The average molecular weight is 432 g/mol. The summed E-state index contributed by atoms with van der Waals surface area (Å²) < 4.78 is 22.4. The van der Waals surface area contributed by atoms with Crippen molar-refractivity contribution in [3.8, 4) is 17.2 Å². The summed E-state index contributed by atoms with van der Waals surface area (Å²) in [5.74, 6) is 1.80. The van der Waals surface area contributed by atoms with E-state index in [4.69, 9.17) is 18.9 Å². The SMILES string of the molecule is CC.CC1(C)COC(c2sccc2C2c3cc4c(cc3OCC2[N+](=O)[O-])OCO4)=N1. The molecule has 9 heteroatoms. The maximum absolute atomic E-state index is 11.9. The molecule has 30 heavy (non-hydrogen) atoms. The normalized spacial score (nSPS) is 22.7. The summed E-state index contributed by atoms with van der Waals surface area (Å²) in [4.78, 5) is 17.1. The molecule has 0 saturated carbocycles. The van der Waals surface area contributed by atoms with Gasteiger partial charge in [-0.05, 0) is 36.9 Å². The van der Waals surface area contributed by atoms with Crippen LogP contribution in [0.5, 0.6) is 17.2 Å². The molecule has 4 heterocycles. The van der Waals surface area contributed by atoms with E-state index in [1.807, 2.05) is 39.1 Å². The van der Waals surface area contributed by atoms with Crippen LogP contribution in [0.1, 0.15) is 49.6 Å². The van der Waals surface area contributed by atoms with Crippen LogP contribution in [0.4, 0.5) is 0 Å². The van der Waals surface area contributed by atoms with Crippen molar-refractivity contribution < 1.29 is 23.9 Å². The molecule has 2 aromatic rings. The molecule has 1 aromatic heterocycles. The minimum Gasteiger partial charge on any atom is -0.486 e. The first-order valence-electron chi connectivity index (χ1n) is 9.93. The van der Waals surface area contributed by atoms with E-state index >= 15 is 0 Å². The van der Waals surface area contributed by atoms with Gasteiger partial charge < -0.3 is 18.9 Å². The van der Waals surface area contributed by atoms with E-state index in [2.05, 4.69) is 4.99 Å². The summed E-state index contributed by atoms with van der Waals surface area (Å²) in [5.41, 5.74) is 1.24. The van der Waals surface area contributed by atoms with Crippen LogP contribution < -0.4 is 14.2 Å². The van der Waals surface area contributed by atoms with Crippen LogP contribution in [0.3, 0.4) is 0 Å². The number of rotatable bonds is 3. The molecule has 0 aliphatic carbocycles. The molecule has 8 nitrogen and oxygen atoms in total. The molecule has 0 amide bonds. The second kappa shape index (κ2) is 7.79. The van der Waals surface area contributed by atoms with Crippen molar-refractivity contribution in [2.24, 2.45) is 4.99 Å². The average Bonchev–Trinajstić information content (AvgIpc) is 3.45. The van der Waals surface area contributed by atoms with E-state index < -0.39 is 12.0 Å². The van der Waals surface area contributed by atoms with Crippen molar-refractivity contribution in [2.45, 2.75) is 45.2 Å². The lowest BCUT2D eigenvalue weighted by Gasteiger charge is -2.29. The van der Waals surface area contributed by atoms with E-state index in [0.29, 0.717) is 29.8 Å². The Labute approximate surface area is 178 Å². The Morgan fingerprint density at radius 2 is 1.83 bits per heavy atom. The fourth-order valence-electron chi connectivity index (χ4n) is 3.78. The number of ether oxygens (including phenoxy) is 4. The van der Waals surface area contributed by atoms with Gasteiger partial charge in [0.05, 0.1) is 16.3 Å². The van der Waals surface area contributed by atoms with Gasteiger partial charge in [0.25, 0.3) is 6.04 Å². The molecule has 0 fully saturated rings. The fourth-order valence-corrected chi connectivity index (χ4v) is 4.67. The molecule has 0 N–H and O–H groups in total. The first-order chi connectivity index (χ1) is 14.4. The van der Waals surface area contributed by atoms with Gasteiger partial charge in [-0.15, -0.1) is 11.3 Å². The Hall–Kier alpha value is -2.81. The topological polar surface area (TPSA) is 92.4 Å². The molecule has 0 radical (unpaired) electrons. The Bertz CT molecular complexity index is 999. The Balaban J connectivity index is 0.00000106. The number of fused-ring (bicyclic) bond motifs is 2. The number of thiophene rings is 1. The van der Waals surface area contributed by atoms with Crippen LogP contribution in [0, 0.1) is 10.1 Å². The van der Waals surface area contributed by atoms with Crippen molar-refractivity contribution in [1.29, 1.82) is 0 Å². The minimum absolute atomic E-state index is 0.0155. The van der Waals surface area contributed by atoms with Gasteiger partial charge >= 0.3 is 0 Å². The highest BCUT2D eigenvalue weighted by Crippen LogP contribution is 2.47. The fraction of sp³-hybridized carbons (Fsp3) is 0.476. The monoisotopic (exact) mass is 432 g/mol. The lowest BCUT2D eigenvalue weighted by atomic mass is 9.83. The van der Waals surface area contributed by atoms with Crippen LogP contribution in [-0.2, 0) is 4.74 Å². The predicted octanol–water partition coefficient (Wildman–Crippen LogP) is 4.23. The zero-order valence-corrected chi connectivity index (χ0v) is 18.2. The molecule has 0 bridgehead atoms. The molecule has 160 valence electrons. The van der Waals surface area contributed by atoms with Gasteiger partial charge in [0, 0.05) is 16.6 Å². The highest BCUT2D eigenvalue weighted by Gasteiger charge is 2.44. The number of hydrogen-bond donors (Lipinski definition) is 0. The van der Waals surface area contributed by atoms with Crippen LogP contribution in [0.2, 0.25) is 0 Å². The van der Waals surface area contributed by atoms with Gasteiger partial charge in [0.1, 0.15) is 12.4 Å². The van der Waals surface area contributed by atoms with Gasteiger partial charge in [-0.25, -0.2) is 4.99 Å². The molecule has 5 rings (SSSR count). The van der Waals surface area contributed by atoms with Crippen LogP contribution >= 0.6 is 11.3 Å². The van der Waals surface area contributed by atoms with Crippen molar-refractivity contribution >= 4 is 17.2 Å². The van der Waals surface area contributed by atoms with Gasteiger partial charge in [0.15, 0.2) is 18.1 Å². The molecule has 0 spiro atoms. The zero-order valence-electron chi connectivity index (χ0n) is 17.3. The Morgan fingerprint density at radius 1 is 1.10 bits per heavy atom. The van der Waals surface area contributed by atoms with E-state index in [0.717, 1.165) is 16.0 Å². The van der Waals surface area contributed by atoms with E-state index in [9.17, 15) is 10.1 Å². The lowest BCUT2D eigenvalue weighted by molar-refractivity contribution is -0.528. The van der Waals surface area contributed by atoms with E-state index in [1.165, 1.54) is 11.3 Å². The summed E-state index contributed by atoms with van der Waals surface area (Å²) in [6, 6.07) is 4.54. The maximum Gasteiger partial charge on any atom is 0.257 e. The lowest BCUT2D eigenvalue weighted by Crippen LogP contribution is -2.38. The second-order valence-electron chi connectivity index (χ2n) is 7.61. The molecule has 2 unspecified atom stereocenters. The summed E-state index contributed by atoms with van der Waals surface area (Å²) in [7, 11) is 0. The standard InChI is InChI=1S/C19H18N2O6S.C2H6/c1-19(2)8-25-18(20-19)17-10(3-4-28-17)16-11-5-14-15(27-9-26-14)6-13(11)24-7-12(16)21(22)23;1-2/h3-6,12,16H,7-9H2,1-2H3;1-2H3. The van der Waals surface area contributed by atoms with Crippen molar-refractivity contribution in [3.05, 3.63) is 49.7 Å². The first kappa shape index (κ1) is 20.5. The number of benzene rings is 1. The first-order valence-corrected chi connectivity index (χ1v) is 10.8. The summed E-state index contributed by atoms with van der Waals surface area (Å²) in [6.45, 7) is 8.60. The quantitative estimate of drug-likeness (QED) is 0.532. The van der Waals surface area contributed by atoms with E-state index in [-0.39, 0.29) is 23.9 Å². The smallest absolute Gasteiger partial charge is 0.257 e. The van der Waals surface area contributed by atoms with Crippen LogP contribution in [0.25, 0.3) is 0 Å². The summed E-state index contributed by atoms with van der Waals surface area (Å²) >= 11 is 1.48. The highest BCUT2D eigenvalue weighted by atomic mass is 32.1. The largest absolute Gasteiger partial charge is 0.486 e. The minimum atomic E-state index is -0.920. The van der Waals surface area contributed by atoms with Gasteiger partial charge in [-0.2, -0.15) is 0 Å². The molecular formula is C21H24N2O6S. The third-order valence-electron chi connectivity index (χ3n) is 5.10. The predicted molar refractivity (Wildman–Crippen MR) is 113 cm³/mol. The van der Waals surface area contributed by atoms with Crippen molar-refractivity contribution in [2.75, 3.05) is 20.0 Å². The van der Waals surface area contributed by atoms with Gasteiger partial charge in [0.2, 0.25) is 12.7 Å². The van der Waals surface area contributed by atoms with Gasteiger partial charge in [-0.3, -0.25) is 10.1 Å². The molecule has 3 aliphatic heterocycles. The molecule has 1 aromatic carbocycles. The number of aliphatic imine (C=N–C) groups is 1. The molecule has 0 saturated heterocycles. The third kappa shape index (κ3) is 3.47. The number of hydrogen-bond acceptors (Lipinski definition) is 8. The summed E-state index contributed by atoms with van der Waals surface area (Å²) in [6.07, 6.45) is 0.